The van der Waals surface area contributed by atoms with Crippen LogP contribution in [-0.2, 0) is 6.54 Å². The predicted octanol–water partition coefficient (Wildman–Crippen LogP) is 3.32. The molecule has 0 aliphatic rings. The van der Waals surface area contributed by atoms with Gasteiger partial charge in [-0.3, -0.25) is 0 Å². The molecule has 0 spiro atoms. The van der Waals surface area contributed by atoms with Gasteiger partial charge in [-0.2, -0.15) is 0 Å². The van der Waals surface area contributed by atoms with E-state index < -0.39 is 0 Å². The van der Waals surface area contributed by atoms with Gasteiger partial charge in [0.1, 0.15) is 0 Å². The van der Waals surface area contributed by atoms with Gasteiger partial charge in [0.05, 0.1) is 0 Å². The number of nitrogens with one attached hydrogen (secondary N) is 1. The Balaban J connectivity index is 2.62. The topological polar surface area (TPSA) is 38.0 Å². The Labute approximate surface area is 112 Å². The smallest absolute Gasteiger partial charge is 0.0306 e. The number of rotatable bonds is 8. The van der Waals surface area contributed by atoms with Crippen LogP contribution in [0.4, 0.5) is 0 Å². The monoisotopic (exact) mass is 248 g/mol. The van der Waals surface area contributed by atoms with Crippen LogP contribution in [0.25, 0.3) is 0 Å². The highest BCUT2D eigenvalue weighted by Crippen LogP contribution is 2.22. The van der Waals surface area contributed by atoms with Crippen molar-refractivity contribution < 1.29 is 0 Å². The fraction of sp³-hybridized carbons (Fsp3) is 0.625. The molecule has 0 heterocycles. The summed E-state index contributed by atoms with van der Waals surface area (Å²) in [5.41, 5.74) is 7.44. The molecule has 0 aromatic heterocycles. The number of nitrogens with two attached hydrogens (primary N) is 1. The van der Waals surface area contributed by atoms with Crippen LogP contribution in [0.1, 0.15) is 45.6 Å². The van der Waals surface area contributed by atoms with E-state index in [1.165, 1.54) is 12.0 Å². The van der Waals surface area contributed by atoms with Crippen molar-refractivity contribution in [2.75, 3.05) is 6.54 Å². The Bertz CT molecular complexity index is 317. The zero-order valence-electron chi connectivity index (χ0n) is 12.1. The number of hydrogen-bond acceptors (Lipinski definition) is 2. The number of benzene rings is 1. The van der Waals surface area contributed by atoms with E-state index >= 15 is 0 Å². The molecule has 102 valence electrons. The van der Waals surface area contributed by atoms with Crippen molar-refractivity contribution in [3.63, 3.8) is 0 Å². The molecule has 2 unspecified atom stereocenters. The van der Waals surface area contributed by atoms with Crippen molar-refractivity contribution in [1.82, 2.24) is 5.32 Å². The highest BCUT2D eigenvalue weighted by Gasteiger charge is 2.27. The van der Waals surface area contributed by atoms with Gasteiger partial charge >= 0.3 is 0 Å². The van der Waals surface area contributed by atoms with Gasteiger partial charge in [0.2, 0.25) is 0 Å². The van der Waals surface area contributed by atoms with Crippen LogP contribution in [0.5, 0.6) is 0 Å². The minimum absolute atomic E-state index is 0.0886. The van der Waals surface area contributed by atoms with Crippen molar-refractivity contribution in [2.24, 2.45) is 11.7 Å². The van der Waals surface area contributed by atoms with Gasteiger partial charge in [-0.05, 0) is 24.3 Å². The fourth-order valence-corrected chi connectivity index (χ4v) is 2.34. The normalized spacial score (nSPS) is 16.2. The molecule has 0 aliphatic carbocycles. The molecule has 0 amide bonds. The van der Waals surface area contributed by atoms with Gasteiger partial charge in [-0.1, -0.05) is 57.5 Å². The first-order valence-electron chi connectivity index (χ1n) is 7.14. The first kappa shape index (κ1) is 15.2. The lowest BCUT2D eigenvalue weighted by Crippen LogP contribution is -2.51. The lowest BCUT2D eigenvalue weighted by Gasteiger charge is -2.35. The molecule has 3 N–H and O–H groups in total. The summed E-state index contributed by atoms with van der Waals surface area (Å²) in [5, 5.41) is 3.69. The fourth-order valence-electron chi connectivity index (χ4n) is 2.34. The van der Waals surface area contributed by atoms with E-state index in [9.17, 15) is 0 Å². The summed E-state index contributed by atoms with van der Waals surface area (Å²) in [6, 6.07) is 10.5. The maximum atomic E-state index is 6.02. The molecule has 2 atom stereocenters. The molecular formula is C16H28N2. The SMILES string of the molecule is CCC(C)CC(CC)(CN)NCc1ccccc1. The largest absolute Gasteiger partial charge is 0.329 e. The molecule has 1 aromatic carbocycles. The highest BCUT2D eigenvalue weighted by molar-refractivity contribution is 5.14. The molecule has 2 heteroatoms. The second-order valence-electron chi connectivity index (χ2n) is 5.39. The summed E-state index contributed by atoms with van der Waals surface area (Å²) < 4.78 is 0. The van der Waals surface area contributed by atoms with Crippen molar-refractivity contribution in [2.45, 2.75) is 52.1 Å². The van der Waals surface area contributed by atoms with Crippen LogP contribution in [0, 0.1) is 5.92 Å². The summed E-state index contributed by atoms with van der Waals surface area (Å²) >= 11 is 0. The first-order chi connectivity index (χ1) is 8.65. The second-order valence-corrected chi connectivity index (χ2v) is 5.39. The molecule has 0 aliphatic heterocycles. The molecule has 0 fully saturated rings. The lowest BCUT2D eigenvalue weighted by molar-refractivity contribution is 0.252. The molecule has 0 saturated heterocycles. The quantitative estimate of drug-likeness (QED) is 0.740. The van der Waals surface area contributed by atoms with Crippen molar-refractivity contribution >= 4 is 0 Å². The molecule has 18 heavy (non-hydrogen) atoms. The lowest BCUT2D eigenvalue weighted by atomic mass is 9.84. The third-order valence-electron chi connectivity index (χ3n) is 4.01. The Kier molecular flexibility index (Phi) is 6.37. The Morgan fingerprint density at radius 2 is 1.89 bits per heavy atom. The van der Waals surface area contributed by atoms with Crippen LogP contribution in [0.3, 0.4) is 0 Å². The Morgan fingerprint density at radius 3 is 2.39 bits per heavy atom. The van der Waals surface area contributed by atoms with E-state index in [-0.39, 0.29) is 5.54 Å². The zero-order valence-corrected chi connectivity index (χ0v) is 12.1. The molecule has 0 bridgehead atoms. The molecule has 2 nitrogen and oxygen atoms in total. The van der Waals surface area contributed by atoms with Crippen LogP contribution in [0.2, 0.25) is 0 Å². The molecule has 0 radical (unpaired) electrons. The number of hydrogen-bond donors (Lipinski definition) is 2. The third kappa shape index (κ3) is 4.43. The van der Waals surface area contributed by atoms with E-state index in [1.54, 1.807) is 0 Å². The average Bonchev–Trinajstić information content (AvgIpc) is 2.44. The van der Waals surface area contributed by atoms with Gasteiger partial charge in [-0.15, -0.1) is 0 Å². The van der Waals surface area contributed by atoms with E-state index in [1.807, 2.05) is 0 Å². The van der Waals surface area contributed by atoms with Crippen LogP contribution < -0.4 is 11.1 Å². The standard InChI is InChI=1S/C16H28N2/c1-4-14(3)11-16(5-2,13-17)18-12-15-9-7-6-8-10-15/h6-10,14,18H,4-5,11-13,17H2,1-3H3. The molecule has 0 saturated carbocycles. The van der Waals surface area contributed by atoms with Gasteiger partial charge in [0.15, 0.2) is 0 Å². The predicted molar refractivity (Wildman–Crippen MR) is 79.4 cm³/mol. The van der Waals surface area contributed by atoms with E-state index in [4.69, 9.17) is 5.73 Å². The van der Waals surface area contributed by atoms with Gasteiger partial charge in [0, 0.05) is 18.6 Å². The van der Waals surface area contributed by atoms with Crippen LogP contribution >= 0.6 is 0 Å². The van der Waals surface area contributed by atoms with Gasteiger partial charge < -0.3 is 11.1 Å². The minimum atomic E-state index is 0.0886. The summed E-state index contributed by atoms with van der Waals surface area (Å²) in [6.45, 7) is 8.40. The first-order valence-corrected chi connectivity index (χ1v) is 7.14. The molecule has 1 rings (SSSR count). The van der Waals surface area contributed by atoms with E-state index in [2.05, 4.69) is 56.4 Å². The minimum Gasteiger partial charge on any atom is -0.329 e. The van der Waals surface area contributed by atoms with Crippen LogP contribution in [0.15, 0.2) is 30.3 Å². The molecular weight excluding hydrogens is 220 g/mol. The van der Waals surface area contributed by atoms with Crippen molar-refractivity contribution in [3.8, 4) is 0 Å². The summed E-state index contributed by atoms with van der Waals surface area (Å²) in [6.07, 6.45) is 3.46. The van der Waals surface area contributed by atoms with Crippen molar-refractivity contribution in [1.29, 1.82) is 0 Å². The Hall–Kier alpha value is -0.860. The maximum Gasteiger partial charge on any atom is 0.0306 e. The summed E-state index contributed by atoms with van der Waals surface area (Å²) in [7, 11) is 0. The van der Waals surface area contributed by atoms with E-state index in [0.29, 0.717) is 6.54 Å². The highest BCUT2D eigenvalue weighted by atomic mass is 15.0. The van der Waals surface area contributed by atoms with Gasteiger partial charge in [-0.25, -0.2) is 0 Å². The maximum absolute atomic E-state index is 6.02. The zero-order chi connectivity index (χ0) is 13.4. The summed E-state index contributed by atoms with van der Waals surface area (Å²) in [4.78, 5) is 0. The average molecular weight is 248 g/mol. The molecule has 1 aromatic rings. The van der Waals surface area contributed by atoms with E-state index in [0.717, 1.165) is 25.3 Å². The summed E-state index contributed by atoms with van der Waals surface area (Å²) in [5.74, 6) is 0.719. The van der Waals surface area contributed by atoms with Crippen LogP contribution in [-0.4, -0.2) is 12.1 Å². The van der Waals surface area contributed by atoms with Gasteiger partial charge in [0.25, 0.3) is 0 Å². The third-order valence-corrected chi connectivity index (χ3v) is 4.01. The second kappa shape index (κ2) is 7.55. The van der Waals surface area contributed by atoms with Crippen molar-refractivity contribution in [3.05, 3.63) is 35.9 Å². The Morgan fingerprint density at radius 1 is 1.22 bits per heavy atom.